The van der Waals surface area contributed by atoms with Crippen LogP contribution in [0.15, 0.2) is 75.2 Å². The van der Waals surface area contributed by atoms with Gasteiger partial charge in [0.05, 0.1) is 30.0 Å². The molecule has 0 aliphatic carbocycles. The average Bonchev–Trinajstić information content (AvgIpc) is 3.53. The molecule has 2 aromatic heterocycles. The highest BCUT2D eigenvalue weighted by Gasteiger charge is 2.26. The summed E-state index contributed by atoms with van der Waals surface area (Å²) >= 11 is 0. The van der Waals surface area contributed by atoms with Gasteiger partial charge in [-0.15, -0.1) is 0 Å². The van der Waals surface area contributed by atoms with Crippen LogP contribution < -0.4 is 5.43 Å². The summed E-state index contributed by atoms with van der Waals surface area (Å²) in [5, 5.41) is 18.1. The van der Waals surface area contributed by atoms with Crippen molar-refractivity contribution < 1.29 is 17.6 Å². The monoisotopic (exact) mass is 517 g/mol. The topological polar surface area (TPSA) is 139 Å². The molecule has 4 aromatic rings. The number of anilines is 1. The van der Waals surface area contributed by atoms with Gasteiger partial charge in [0, 0.05) is 37.3 Å². The van der Waals surface area contributed by atoms with Gasteiger partial charge in [0.25, 0.3) is 5.88 Å². The minimum Gasteiger partial charge on any atom is -0.422 e. The first-order valence-corrected chi connectivity index (χ1v) is 12.9. The number of nitrogens with zero attached hydrogens (tertiary/aromatic N) is 6. The molecule has 1 N–H and O–H groups in total. The van der Waals surface area contributed by atoms with E-state index in [0.717, 1.165) is 5.69 Å². The second-order valence-electron chi connectivity index (χ2n) is 8.15. The van der Waals surface area contributed by atoms with Crippen molar-refractivity contribution in [2.24, 2.45) is 5.10 Å². The molecule has 188 valence electrons. The van der Waals surface area contributed by atoms with Crippen LogP contribution in [0, 0.1) is 18.3 Å². The van der Waals surface area contributed by atoms with Gasteiger partial charge >= 0.3 is 0 Å². The molecule has 0 radical (unpaired) electrons. The largest absolute Gasteiger partial charge is 0.422 e. The van der Waals surface area contributed by atoms with Crippen LogP contribution in [0.2, 0.25) is 0 Å². The number of benzene rings is 2. The number of rotatable bonds is 7. The first kappa shape index (κ1) is 24.4. The molecule has 1 aliphatic heterocycles. The van der Waals surface area contributed by atoms with Gasteiger partial charge in [0.1, 0.15) is 11.8 Å². The van der Waals surface area contributed by atoms with Gasteiger partial charge in [-0.2, -0.15) is 19.8 Å². The molecule has 0 atom stereocenters. The number of hydrogen-bond donors (Lipinski definition) is 1. The molecule has 11 nitrogen and oxygen atoms in total. The SMILES string of the molecule is Cc1nc(C#N)c(NN=Cc2cn(-c3ccccc3)nc2-c2ccc(S(=O)(=O)N3CCOCC3)cc2)o1. The maximum atomic E-state index is 13.0. The van der Waals surface area contributed by atoms with Crippen molar-refractivity contribution in [1.29, 1.82) is 5.26 Å². The maximum Gasteiger partial charge on any atom is 0.252 e. The zero-order chi connectivity index (χ0) is 25.8. The van der Waals surface area contributed by atoms with Crippen LogP contribution in [-0.4, -0.2) is 60.0 Å². The quantitative estimate of drug-likeness (QED) is 0.291. The molecule has 12 heteroatoms. The summed E-state index contributed by atoms with van der Waals surface area (Å²) in [7, 11) is -3.61. The Labute approximate surface area is 213 Å². The molecule has 0 saturated carbocycles. The van der Waals surface area contributed by atoms with Crippen LogP contribution >= 0.6 is 0 Å². The standard InChI is InChI=1S/C25H23N7O4S/c1-18-28-23(15-26)25(36-18)29-27-16-20-17-32(21-5-3-2-4-6-21)30-24(20)19-7-9-22(10-8-19)37(33,34)31-11-13-35-14-12-31/h2-10,16-17,29H,11-14H2,1H3. The molecule has 1 aliphatic rings. The number of hydrogen-bond acceptors (Lipinski definition) is 9. The molecule has 0 amide bonds. The van der Waals surface area contributed by atoms with Crippen molar-refractivity contribution >= 4 is 22.1 Å². The van der Waals surface area contributed by atoms with Crippen LogP contribution in [0.4, 0.5) is 5.88 Å². The Kier molecular flexibility index (Phi) is 6.82. The van der Waals surface area contributed by atoms with Gasteiger partial charge < -0.3 is 9.15 Å². The van der Waals surface area contributed by atoms with Crippen LogP contribution in [0.5, 0.6) is 0 Å². The van der Waals surface area contributed by atoms with Gasteiger partial charge in [-0.05, 0) is 24.3 Å². The van der Waals surface area contributed by atoms with E-state index in [0.29, 0.717) is 49.0 Å². The van der Waals surface area contributed by atoms with Crippen molar-refractivity contribution in [2.45, 2.75) is 11.8 Å². The Morgan fingerprint density at radius 3 is 2.54 bits per heavy atom. The highest BCUT2D eigenvalue weighted by atomic mass is 32.2. The lowest BCUT2D eigenvalue weighted by Crippen LogP contribution is -2.40. The third-order valence-corrected chi connectivity index (χ3v) is 7.62. The predicted octanol–water partition coefficient (Wildman–Crippen LogP) is 3.17. The number of aryl methyl sites for hydroxylation is 1. The highest BCUT2D eigenvalue weighted by Crippen LogP contribution is 2.26. The number of sulfonamides is 1. The number of aromatic nitrogens is 3. The minimum absolute atomic E-state index is 0.104. The normalized spacial score (nSPS) is 14.6. The first-order valence-electron chi connectivity index (χ1n) is 11.5. The van der Waals surface area contributed by atoms with Gasteiger partial charge in [0.15, 0.2) is 5.89 Å². The summed E-state index contributed by atoms with van der Waals surface area (Å²) in [5.74, 6) is 0.491. The van der Waals surface area contributed by atoms with Crippen molar-refractivity contribution in [3.8, 4) is 23.0 Å². The summed E-state index contributed by atoms with van der Waals surface area (Å²) < 4.78 is 39.8. The van der Waals surface area contributed by atoms with E-state index in [4.69, 9.17) is 14.3 Å². The molecule has 5 rings (SSSR count). The van der Waals surface area contributed by atoms with Crippen molar-refractivity contribution in [1.82, 2.24) is 19.1 Å². The van der Waals surface area contributed by atoms with Crippen LogP contribution in [-0.2, 0) is 14.8 Å². The number of nitrogens with one attached hydrogen (secondary N) is 1. The van der Waals surface area contributed by atoms with Crippen molar-refractivity contribution in [3.05, 3.63) is 77.9 Å². The second kappa shape index (κ2) is 10.4. The molecule has 3 heterocycles. The molecule has 0 spiro atoms. The Morgan fingerprint density at radius 1 is 1.11 bits per heavy atom. The summed E-state index contributed by atoms with van der Waals surface area (Å²) in [6, 6.07) is 18.1. The zero-order valence-corrected chi connectivity index (χ0v) is 20.7. The second-order valence-corrected chi connectivity index (χ2v) is 10.1. The number of hydrazone groups is 1. The number of nitriles is 1. The maximum absolute atomic E-state index is 13.0. The lowest BCUT2D eigenvalue weighted by Gasteiger charge is -2.26. The molecule has 37 heavy (non-hydrogen) atoms. The smallest absolute Gasteiger partial charge is 0.252 e. The Morgan fingerprint density at radius 2 is 1.84 bits per heavy atom. The third kappa shape index (κ3) is 5.14. The lowest BCUT2D eigenvalue weighted by molar-refractivity contribution is 0.0730. The third-order valence-electron chi connectivity index (χ3n) is 5.71. The number of oxazole rings is 1. The summed E-state index contributed by atoms with van der Waals surface area (Å²) in [6.07, 6.45) is 3.37. The molecule has 1 saturated heterocycles. The minimum atomic E-state index is -3.61. The van der Waals surface area contributed by atoms with Gasteiger partial charge in [-0.1, -0.05) is 30.3 Å². The van der Waals surface area contributed by atoms with Crippen LogP contribution in [0.25, 0.3) is 16.9 Å². The Hall–Kier alpha value is -4.31. The number of morpholine rings is 1. The molecule has 1 fully saturated rings. The van der Waals surface area contributed by atoms with Gasteiger partial charge in [-0.25, -0.2) is 23.5 Å². The van der Waals surface area contributed by atoms with Crippen molar-refractivity contribution in [2.75, 3.05) is 31.7 Å². The van der Waals surface area contributed by atoms with Crippen LogP contribution in [0.3, 0.4) is 0 Å². The summed E-state index contributed by atoms with van der Waals surface area (Å²) in [4.78, 5) is 4.20. The molecule has 0 bridgehead atoms. The van der Waals surface area contributed by atoms with E-state index < -0.39 is 10.0 Å². The lowest BCUT2D eigenvalue weighted by atomic mass is 10.1. The highest BCUT2D eigenvalue weighted by molar-refractivity contribution is 7.89. The average molecular weight is 518 g/mol. The Balaban J connectivity index is 1.47. The molecule has 0 unspecified atom stereocenters. The molecular formula is C25H23N7O4S. The van der Waals surface area contributed by atoms with Crippen molar-refractivity contribution in [3.63, 3.8) is 0 Å². The summed E-state index contributed by atoms with van der Waals surface area (Å²) in [5.41, 5.74) is 5.64. The predicted molar refractivity (Wildman–Crippen MR) is 136 cm³/mol. The van der Waals surface area contributed by atoms with E-state index in [9.17, 15) is 13.7 Å². The number of para-hydroxylation sites is 1. The van der Waals surface area contributed by atoms with Gasteiger partial charge in [0.2, 0.25) is 15.7 Å². The fourth-order valence-corrected chi connectivity index (χ4v) is 5.29. The molecular weight excluding hydrogens is 494 g/mol. The van der Waals surface area contributed by atoms with E-state index in [2.05, 4.69) is 15.5 Å². The van der Waals surface area contributed by atoms with E-state index in [1.54, 1.807) is 42.1 Å². The first-order chi connectivity index (χ1) is 18.0. The van der Waals surface area contributed by atoms with E-state index in [1.165, 1.54) is 4.31 Å². The molecule has 2 aromatic carbocycles. The van der Waals surface area contributed by atoms with E-state index >= 15 is 0 Å². The van der Waals surface area contributed by atoms with Crippen LogP contribution in [0.1, 0.15) is 17.1 Å². The van der Waals surface area contributed by atoms with Gasteiger partial charge in [-0.3, -0.25) is 0 Å². The number of ether oxygens (including phenoxy) is 1. The fourth-order valence-electron chi connectivity index (χ4n) is 3.88. The zero-order valence-electron chi connectivity index (χ0n) is 19.9. The Bertz CT molecular complexity index is 1560. The van der Waals surface area contributed by atoms with E-state index in [-0.39, 0.29) is 16.5 Å². The summed E-state index contributed by atoms with van der Waals surface area (Å²) in [6.45, 7) is 3.07. The van der Waals surface area contributed by atoms with E-state index in [1.807, 2.05) is 42.6 Å². The fraction of sp³-hybridized carbons (Fsp3) is 0.200.